The fourth-order valence-electron chi connectivity index (χ4n) is 3.58. The molecular weight excluding hydrogens is 363 g/mol. The SMILES string of the molecule is CSc1ccnc(-c2c(-c3ccc(F)cc3)ncn2C2CCC(O)CC2)n1. The van der Waals surface area contributed by atoms with Crippen molar-refractivity contribution in [2.75, 3.05) is 6.26 Å². The van der Waals surface area contributed by atoms with E-state index in [4.69, 9.17) is 0 Å². The first-order valence-corrected chi connectivity index (χ1v) is 10.3. The first-order chi connectivity index (χ1) is 13.2. The lowest BCUT2D eigenvalue weighted by atomic mass is 9.92. The number of nitrogens with zero attached hydrogens (tertiary/aromatic N) is 4. The monoisotopic (exact) mass is 384 g/mol. The molecule has 5 nitrogen and oxygen atoms in total. The van der Waals surface area contributed by atoms with Gasteiger partial charge in [-0.1, -0.05) is 0 Å². The van der Waals surface area contributed by atoms with E-state index in [0.29, 0.717) is 5.82 Å². The number of imidazole rings is 1. The molecule has 4 rings (SSSR count). The lowest BCUT2D eigenvalue weighted by molar-refractivity contribution is 0.111. The summed E-state index contributed by atoms with van der Waals surface area (Å²) in [6.45, 7) is 0. The summed E-state index contributed by atoms with van der Waals surface area (Å²) in [5.41, 5.74) is 2.43. The van der Waals surface area contributed by atoms with Crippen molar-refractivity contribution < 1.29 is 9.50 Å². The molecule has 0 bridgehead atoms. The quantitative estimate of drug-likeness (QED) is 0.535. The molecule has 7 heteroatoms. The summed E-state index contributed by atoms with van der Waals surface area (Å²) < 4.78 is 15.5. The Bertz CT molecular complexity index is 920. The second-order valence-corrected chi connectivity index (χ2v) is 7.57. The third-order valence-corrected chi connectivity index (χ3v) is 5.67. The maximum absolute atomic E-state index is 13.4. The van der Waals surface area contributed by atoms with Gasteiger partial charge in [-0.25, -0.2) is 19.3 Å². The van der Waals surface area contributed by atoms with Crippen LogP contribution in [0.2, 0.25) is 0 Å². The van der Waals surface area contributed by atoms with Crippen LogP contribution in [-0.2, 0) is 0 Å². The van der Waals surface area contributed by atoms with Gasteiger partial charge in [0, 0.05) is 17.8 Å². The van der Waals surface area contributed by atoms with Crippen LogP contribution in [0.15, 0.2) is 47.9 Å². The van der Waals surface area contributed by atoms with E-state index in [0.717, 1.165) is 47.7 Å². The summed E-state index contributed by atoms with van der Waals surface area (Å²) in [5, 5.41) is 10.7. The Morgan fingerprint density at radius 2 is 1.81 bits per heavy atom. The Morgan fingerprint density at radius 3 is 2.52 bits per heavy atom. The Morgan fingerprint density at radius 1 is 1.07 bits per heavy atom. The number of halogens is 1. The Kier molecular flexibility index (Phi) is 5.22. The van der Waals surface area contributed by atoms with E-state index in [1.54, 1.807) is 30.1 Å². The van der Waals surface area contributed by atoms with Crippen LogP contribution in [0.5, 0.6) is 0 Å². The Labute approximate surface area is 161 Å². The van der Waals surface area contributed by atoms with Gasteiger partial charge in [0.05, 0.1) is 23.2 Å². The predicted molar refractivity (Wildman–Crippen MR) is 104 cm³/mol. The van der Waals surface area contributed by atoms with E-state index in [9.17, 15) is 9.50 Å². The molecule has 2 heterocycles. The third-order valence-electron chi connectivity index (χ3n) is 5.02. The van der Waals surface area contributed by atoms with Gasteiger partial charge in [0.2, 0.25) is 0 Å². The van der Waals surface area contributed by atoms with Crippen LogP contribution in [0.3, 0.4) is 0 Å². The number of hydrogen-bond donors (Lipinski definition) is 1. The van der Waals surface area contributed by atoms with Gasteiger partial charge in [-0.15, -0.1) is 11.8 Å². The fraction of sp³-hybridized carbons (Fsp3) is 0.350. The normalized spacial score (nSPS) is 20.0. The van der Waals surface area contributed by atoms with Crippen molar-refractivity contribution in [3.05, 3.63) is 48.7 Å². The van der Waals surface area contributed by atoms with Crippen LogP contribution < -0.4 is 0 Å². The minimum atomic E-state index is -0.276. The topological polar surface area (TPSA) is 63.8 Å². The molecule has 3 aromatic rings. The first-order valence-electron chi connectivity index (χ1n) is 9.04. The largest absolute Gasteiger partial charge is 0.393 e. The number of benzene rings is 1. The molecule has 1 N–H and O–H groups in total. The highest BCUT2D eigenvalue weighted by Crippen LogP contribution is 2.36. The molecular formula is C20H21FN4OS. The molecule has 0 aliphatic heterocycles. The summed E-state index contributed by atoms with van der Waals surface area (Å²) in [6, 6.07) is 8.46. The summed E-state index contributed by atoms with van der Waals surface area (Å²) in [4.78, 5) is 13.8. The number of aliphatic hydroxyl groups is 1. The van der Waals surface area contributed by atoms with Crippen LogP contribution in [-0.4, -0.2) is 37.0 Å². The molecule has 2 aromatic heterocycles. The maximum Gasteiger partial charge on any atom is 0.179 e. The molecule has 0 saturated heterocycles. The van der Waals surface area contributed by atoms with Crippen molar-refractivity contribution in [1.29, 1.82) is 0 Å². The average molecular weight is 384 g/mol. The van der Waals surface area contributed by atoms with E-state index in [1.165, 1.54) is 12.1 Å². The van der Waals surface area contributed by atoms with Gasteiger partial charge in [-0.05, 0) is 62.3 Å². The predicted octanol–water partition coefficient (Wildman–Crippen LogP) is 4.34. The van der Waals surface area contributed by atoms with E-state index >= 15 is 0 Å². The second kappa shape index (κ2) is 7.78. The average Bonchev–Trinajstić information content (AvgIpc) is 3.14. The molecule has 0 radical (unpaired) electrons. The summed E-state index contributed by atoms with van der Waals surface area (Å²) in [6.07, 6.45) is 8.66. The van der Waals surface area contributed by atoms with Crippen molar-refractivity contribution in [2.45, 2.75) is 42.9 Å². The number of hydrogen-bond acceptors (Lipinski definition) is 5. The van der Waals surface area contributed by atoms with Crippen molar-refractivity contribution in [3.63, 3.8) is 0 Å². The van der Waals surface area contributed by atoms with E-state index in [1.807, 2.05) is 18.6 Å². The summed E-state index contributed by atoms with van der Waals surface area (Å²) in [5.74, 6) is 0.339. The molecule has 1 aliphatic carbocycles. The zero-order valence-electron chi connectivity index (χ0n) is 15.0. The van der Waals surface area contributed by atoms with Gasteiger partial charge in [0.1, 0.15) is 11.5 Å². The van der Waals surface area contributed by atoms with Gasteiger partial charge < -0.3 is 9.67 Å². The molecule has 27 heavy (non-hydrogen) atoms. The molecule has 1 fully saturated rings. The standard InChI is InChI=1S/C20H21FN4OS/c1-27-17-10-11-22-20(24-17)19-18(13-2-4-14(21)5-3-13)23-12-25(19)15-6-8-16(26)9-7-15/h2-5,10-12,15-16,26H,6-9H2,1H3. The van der Waals surface area contributed by atoms with Crippen molar-refractivity contribution in [3.8, 4) is 22.8 Å². The van der Waals surface area contributed by atoms with Crippen LogP contribution >= 0.6 is 11.8 Å². The van der Waals surface area contributed by atoms with Gasteiger partial charge in [0.25, 0.3) is 0 Å². The molecule has 140 valence electrons. The van der Waals surface area contributed by atoms with Crippen molar-refractivity contribution in [2.24, 2.45) is 0 Å². The first kappa shape index (κ1) is 18.1. The Balaban J connectivity index is 1.83. The second-order valence-electron chi connectivity index (χ2n) is 6.74. The minimum Gasteiger partial charge on any atom is -0.393 e. The lowest BCUT2D eigenvalue weighted by Crippen LogP contribution is -2.21. The fourth-order valence-corrected chi connectivity index (χ4v) is 3.96. The molecule has 0 atom stereocenters. The molecule has 1 aliphatic rings. The van der Waals surface area contributed by atoms with E-state index in [-0.39, 0.29) is 18.0 Å². The summed E-state index contributed by atoms with van der Waals surface area (Å²) >= 11 is 1.56. The van der Waals surface area contributed by atoms with Gasteiger partial charge >= 0.3 is 0 Å². The zero-order chi connectivity index (χ0) is 18.8. The van der Waals surface area contributed by atoms with Crippen LogP contribution in [0, 0.1) is 5.82 Å². The number of aliphatic hydroxyl groups excluding tert-OH is 1. The molecule has 0 spiro atoms. The lowest BCUT2D eigenvalue weighted by Gasteiger charge is -2.27. The summed E-state index contributed by atoms with van der Waals surface area (Å²) in [7, 11) is 0. The van der Waals surface area contributed by atoms with Gasteiger partial charge in [-0.2, -0.15) is 0 Å². The number of aromatic nitrogens is 4. The van der Waals surface area contributed by atoms with Crippen LogP contribution in [0.1, 0.15) is 31.7 Å². The van der Waals surface area contributed by atoms with Gasteiger partial charge in [0.15, 0.2) is 5.82 Å². The highest BCUT2D eigenvalue weighted by Gasteiger charge is 2.26. The highest BCUT2D eigenvalue weighted by molar-refractivity contribution is 7.98. The number of rotatable bonds is 4. The third kappa shape index (κ3) is 3.75. The van der Waals surface area contributed by atoms with E-state index in [2.05, 4.69) is 19.5 Å². The maximum atomic E-state index is 13.4. The molecule has 1 saturated carbocycles. The van der Waals surface area contributed by atoms with Crippen LogP contribution in [0.25, 0.3) is 22.8 Å². The zero-order valence-corrected chi connectivity index (χ0v) is 15.9. The van der Waals surface area contributed by atoms with Gasteiger partial charge in [-0.3, -0.25) is 0 Å². The van der Waals surface area contributed by atoms with Crippen molar-refractivity contribution in [1.82, 2.24) is 19.5 Å². The van der Waals surface area contributed by atoms with E-state index < -0.39 is 0 Å². The minimum absolute atomic E-state index is 0.221. The molecule has 0 amide bonds. The smallest absolute Gasteiger partial charge is 0.179 e. The highest BCUT2D eigenvalue weighted by atomic mass is 32.2. The Hall–Kier alpha value is -2.25. The van der Waals surface area contributed by atoms with Crippen molar-refractivity contribution >= 4 is 11.8 Å². The molecule has 0 unspecified atom stereocenters. The number of thioether (sulfide) groups is 1. The van der Waals surface area contributed by atoms with Crippen LogP contribution in [0.4, 0.5) is 4.39 Å². The molecule has 1 aromatic carbocycles.